The number of carbonyl (C=O) groups is 1. The van der Waals surface area contributed by atoms with Crippen LogP contribution in [0.4, 0.5) is 4.79 Å². The maximum absolute atomic E-state index is 11.2. The molecule has 0 bridgehead atoms. The molecule has 1 atom stereocenters. The van der Waals surface area contributed by atoms with E-state index < -0.39 is 5.60 Å². The Bertz CT molecular complexity index is 171. The highest BCUT2D eigenvalue weighted by Crippen LogP contribution is 2.06. The first kappa shape index (κ1) is 13.2. The molecule has 1 unspecified atom stereocenters. The van der Waals surface area contributed by atoms with E-state index >= 15 is 0 Å². The zero-order chi connectivity index (χ0) is 11.2. The van der Waals surface area contributed by atoms with Crippen LogP contribution in [0.1, 0.15) is 34.1 Å². The summed E-state index contributed by atoms with van der Waals surface area (Å²) in [5.41, 5.74) is -0.425. The molecule has 0 aromatic carbocycles. The molecule has 0 fully saturated rings. The van der Waals surface area contributed by atoms with Gasteiger partial charge in [0, 0.05) is 12.6 Å². The minimum absolute atomic E-state index is 0.308. The molecule has 0 radical (unpaired) electrons. The average Bonchev–Trinajstić information content (AvgIpc) is 2.03. The van der Waals surface area contributed by atoms with E-state index in [0.717, 1.165) is 6.42 Å². The van der Waals surface area contributed by atoms with Gasteiger partial charge in [0.15, 0.2) is 0 Å². The van der Waals surface area contributed by atoms with Gasteiger partial charge in [-0.15, -0.1) is 0 Å². The predicted octanol–water partition coefficient (Wildman–Crippen LogP) is 1.51. The third-order valence-electron chi connectivity index (χ3n) is 1.79. The van der Waals surface area contributed by atoms with Crippen LogP contribution in [0.2, 0.25) is 0 Å². The second-order valence-electron chi connectivity index (χ2n) is 4.28. The molecule has 14 heavy (non-hydrogen) atoms. The van der Waals surface area contributed by atoms with Gasteiger partial charge in [-0.1, -0.05) is 6.92 Å². The summed E-state index contributed by atoms with van der Waals surface area (Å²) in [6.45, 7) is 8.21. The molecule has 1 amide bonds. The van der Waals surface area contributed by atoms with Crippen molar-refractivity contribution in [2.24, 2.45) is 0 Å². The van der Waals surface area contributed by atoms with Gasteiger partial charge in [0.05, 0.1) is 0 Å². The number of nitrogens with one attached hydrogen (secondary N) is 2. The number of carbonyl (C=O) groups excluding carboxylic acids is 1. The molecule has 0 saturated heterocycles. The second-order valence-corrected chi connectivity index (χ2v) is 4.28. The van der Waals surface area contributed by atoms with Crippen LogP contribution < -0.4 is 10.6 Å². The normalized spacial score (nSPS) is 13.5. The molecule has 0 spiro atoms. The van der Waals surface area contributed by atoms with Crippen molar-refractivity contribution in [2.75, 3.05) is 13.6 Å². The highest BCUT2D eigenvalue weighted by atomic mass is 16.6. The topological polar surface area (TPSA) is 50.4 Å². The lowest BCUT2D eigenvalue weighted by Gasteiger charge is -2.21. The van der Waals surface area contributed by atoms with Crippen molar-refractivity contribution in [1.29, 1.82) is 0 Å². The van der Waals surface area contributed by atoms with Gasteiger partial charge in [-0.25, -0.2) is 4.79 Å². The molecule has 0 heterocycles. The van der Waals surface area contributed by atoms with Gasteiger partial charge in [0.2, 0.25) is 0 Å². The van der Waals surface area contributed by atoms with Gasteiger partial charge >= 0.3 is 6.09 Å². The highest BCUT2D eigenvalue weighted by Gasteiger charge is 2.16. The molecule has 0 aliphatic heterocycles. The van der Waals surface area contributed by atoms with Crippen molar-refractivity contribution in [3.8, 4) is 0 Å². The Hall–Kier alpha value is -0.770. The summed E-state index contributed by atoms with van der Waals surface area (Å²) in [5, 5.41) is 5.82. The van der Waals surface area contributed by atoms with E-state index in [9.17, 15) is 4.79 Å². The Morgan fingerprint density at radius 3 is 2.36 bits per heavy atom. The van der Waals surface area contributed by atoms with Gasteiger partial charge in [0.1, 0.15) is 5.60 Å². The molecule has 2 N–H and O–H groups in total. The van der Waals surface area contributed by atoms with E-state index in [1.165, 1.54) is 0 Å². The fraction of sp³-hybridized carbons (Fsp3) is 0.900. The van der Waals surface area contributed by atoms with Gasteiger partial charge < -0.3 is 15.4 Å². The van der Waals surface area contributed by atoms with E-state index in [0.29, 0.717) is 12.6 Å². The Labute approximate surface area is 86.4 Å². The first-order chi connectivity index (χ1) is 6.39. The summed E-state index contributed by atoms with van der Waals surface area (Å²) in [7, 11) is 1.88. The minimum atomic E-state index is -0.425. The van der Waals surface area contributed by atoms with Crippen LogP contribution in [-0.4, -0.2) is 31.3 Å². The SMILES string of the molecule is CCC(CNC(=O)OC(C)(C)C)NC. The van der Waals surface area contributed by atoms with Crippen LogP contribution in [0, 0.1) is 0 Å². The lowest BCUT2D eigenvalue weighted by atomic mass is 10.2. The van der Waals surface area contributed by atoms with Crippen molar-refractivity contribution in [3.05, 3.63) is 0 Å². The molecule has 0 saturated carbocycles. The summed E-state index contributed by atoms with van der Waals surface area (Å²) in [6, 6.07) is 0.308. The third kappa shape index (κ3) is 6.71. The number of hydrogen-bond donors (Lipinski definition) is 2. The number of alkyl carbamates (subject to hydrolysis) is 1. The molecule has 0 aromatic heterocycles. The molecule has 4 nitrogen and oxygen atoms in total. The Kier molecular flexibility index (Phi) is 5.53. The van der Waals surface area contributed by atoms with E-state index in [-0.39, 0.29) is 6.09 Å². The molecular formula is C10H22N2O2. The number of likely N-dealkylation sites (N-methyl/N-ethyl adjacent to an activating group) is 1. The van der Waals surface area contributed by atoms with Crippen LogP contribution in [0.3, 0.4) is 0 Å². The highest BCUT2D eigenvalue weighted by molar-refractivity contribution is 5.67. The first-order valence-electron chi connectivity index (χ1n) is 5.03. The van der Waals surface area contributed by atoms with Crippen LogP contribution in [0.5, 0.6) is 0 Å². The van der Waals surface area contributed by atoms with Crippen molar-refractivity contribution in [1.82, 2.24) is 10.6 Å². The summed E-state index contributed by atoms with van der Waals surface area (Å²) in [6.07, 6.45) is 0.623. The largest absolute Gasteiger partial charge is 0.444 e. The predicted molar refractivity (Wildman–Crippen MR) is 57.4 cm³/mol. The minimum Gasteiger partial charge on any atom is -0.444 e. The number of ether oxygens (including phenoxy) is 1. The van der Waals surface area contributed by atoms with Crippen molar-refractivity contribution < 1.29 is 9.53 Å². The smallest absolute Gasteiger partial charge is 0.407 e. The van der Waals surface area contributed by atoms with E-state index in [1.54, 1.807) is 0 Å². The third-order valence-corrected chi connectivity index (χ3v) is 1.79. The standard InChI is InChI=1S/C10H22N2O2/c1-6-8(11-5)7-12-9(13)14-10(2,3)4/h8,11H,6-7H2,1-5H3,(H,12,13). The quantitative estimate of drug-likeness (QED) is 0.726. The molecule has 0 rings (SSSR count). The van der Waals surface area contributed by atoms with Gasteiger partial charge in [0.25, 0.3) is 0 Å². The summed E-state index contributed by atoms with van der Waals surface area (Å²) < 4.78 is 5.10. The molecule has 4 heteroatoms. The first-order valence-corrected chi connectivity index (χ1v) is 5.03. The van der Waals surface area contributed by atoms with E-state index in [4.69, 9.17) is 4.74 Å². The lowest BCUT2D eigenvalue weighted by Crippen LogP contribution is -2.41. The number of amides is 1. The summed E-state index contributed by atoms with van der Waals surface area (Å²) >= 11 is 0. The molecule has 0 aromatic rings. The molecule has 0 aliphatic carbocycles. The van der Waals surface area contributed by atoms with Gasteiger partial charge in [-0.05, 0) is 34.2 Å². The average molecular weight is 202 g/mol. The molecule has 0 aliphatic rings. The van der Waals surface area contributed by atoms with Crippen LogP contribution >= 0.6 is 0 Å². The van der Waals surface area contributed by atoms with Crippen LogP contribution in [-0.2, 0) is 4.74 Å². The summed E-state index contributed by atoms with van der Waals surface area (Å²) in [4.78, 5) is 11.2. The van der Waals surface area contributed by atoms with Crippen LogP contribution in [0.25, 0.3) is 0 Å². The van der Waals surface area contributed by atoms with Crippen molar-refractivity contribution in [2.45, 2.75) is 45.8 Å². The fourth-order valence-corrected chi connectivity index (χ4v) is 0.971. The van der Waals surface area contributed by atoms with E-state index in [1.807, 2.05) is 27.8 Å². The molecule has 84 valence electrons. The fourth-order valence-electron chi connectivity index (χ4n) is 0.971. The second kappa shape index (κ2) is 5.86. The maximum Gasteiger partial charge on any atom is 0.407 e. The number of rotatable bonds is 4. The van der Waals surface area contributed by atoms with Crippen LogP contribution in [0.15, 0.2) is 0 Å². The van der Waals surface area contributed by atoms with Crippen molar-refractivity contribution in [3.63, 3.8) is 0 Å². The Morgan fingerprint density at radius 1 is 1.43 bits per heavy atom. The maximum atomic E-state index is 11.2. The zero-order valence-electron chi connectivity index (χ0n) is 9.81. The number of hydrogen-bond acceptors (Lipinski definition) is 3. The zero-order valence-corrected chi connectivity index (χ0v) is 9.81. The molecular weight excluding hydrogens is 180 g/mol. The monoisotopic (exact) mass is 202 g/mol. The Morgan fingerprint density at radius 2 is 2.00 bits per heavy atom. The van der Waals surface area contributed by atoms with Gasteiger partial charge in [-0.3, -0.25) is 0 Å². The van der Waals surface area contributed by atoms with Gasteiger partial charge in [-0.2, -0.15) is 0 Å². The van der Waals surface area contributed by atoms with Crippen molar-refractivity contribution >= 4 is 6.09 Å². The van der Waals surface area contributed by atoms with E-state index in [2.05, 4.69) is 17.6 Å². The summed E-state index contributed by atoms with van der Waals surface area (Å²) in [5.74, 6) is 0. The lowest BCUT2D eigenvalue weighted by molar-refractivity contribution is 0.0522. The Balaban J connectivity index is 3.74.